The summed E-state index contributed by atoms with van der Waals surface area (Å²) in [6, 6.07) is 11.1. The Morgan fingerprint density at radius 1 is 1.35 bits per heavy atom. The van der Waals surface area contributed by atoms with E-state index in [1.54, 1.807) is 11.3 Å². The van der Waals surface area contributed by atoms with E-state index in [0.717, 1.165) is 29.4 Å². The first-order chi connectivity index (χ1) is 12.6. The maximum atomic E-state index is 6.14. The lowest BCUT2D eigenvalue weighted by atomic mass is 10.1. The molecule has 4 nitrogen and oxygen atoms in total. The third-order valence-corrected chi connectivity index (χ3v) is 6.78. The van der Waals surface area contributed by atoms with E-state index in [1.807, 2.05) is 29.3 Å². The molecule has 0 saturated carbocycles. The first-order valence-electron chi connectivity index (χ1n) is 9.14. The predicted molar refractivity (Wildman–Crippen MR) is 116 cm³/mol. The second kappa shape index (κ2) is 8.93. The van der Waals surface area contributed by atoms with Crippen molar-refractivity contribution in [3.05, 3.63) is 40.6 Å². The van der Waals surface area contributed by atoms with Crippen LogP contribution in [0.25, 0.3) is 0 Å². The minimum atomic E-state index is 0.592. The van der Waals surface area contributed by atoms with Crippen LogP contribution < -0.4 is 10.6 Å². The number of benzene rings is 1. The normalized spacial score (nSPS) is 16.0. The molecule has 0 saturated heterocycles. The Labute approximate surface area is 165 Å². The van der Waals surface area contributed by atoms with Gasteiger partial charge in [0.25, 0.3) is 0 Å². The highest BCUT2D eigenvalue weighted by Gasteiger charge is 2.19. The topological polar surface area (TPSA) is 44.9 Å². The molecule has 0 amide bonds. The molecule has 1 aromatic heterocycles. The van der Waals surface area contributed by atoms with Crippen LogP contribution in [0.15, 0.2) is 45.6 Å². The van der Waals surface area contributed by atoms with Gasteiger partial charge in [-0.05, 0) is 56.6 Å². The standard InChI is InChI=1S/C20H28N4S2/c1-4-16(23(2)3)9-10-24-11-13-26-19-14-15(7-8-17(19)24)22-20(21)18-6-5-12-25-18/h5-8,12,14,16H,4,9-11,13H2,1-3H3,(H2,21,22). The molecule has 2 N–H and O–H groups in total. The second-order valence-corrected chi connectivity index (χ2v) is 8.86. The lowest BCUT2D eigenvalue weighted by Crippen LogP contribution is -2.35. The van der Waals surface area contributed by atoms with Crippen molar-refractivity contribution in [2.75, 3.05) is 37.8 Å². The number of fused-ring (bicyclic) bond motifs is 1. The van der Waals surface area contributed by atoms with E-state index in [9.17, 15) is 0 Å². The summed E-state index contributed by atoms with van der Waals surface area (Å²) in [5, 5.41) is 2.02. The monoisotopic (exact) mass is 388 g/mol. The smallest absolute Gasteiger partial charge is 0.141 e. The Morgan fingerprint density at radius 3 is 2.88 bits per heavy atom. The third-order valence-electron chi connectivity index (χ3n) is 4.86. The SMILES string of the molecule is CCC(CCN1CCSc2cc(N=C(N)c3cccs3)ccc21)N(C)C. The Morgan fingerprint density at radius 2 is 2.19 bits per heavy atom. The van der Waals surface area contributed by atoms with Gasteiger partial charge in [-0.1, -0.05) is 13.0 Å². The van der Waals surface area contributed by atoms with Gasteiger partial charge in [-0.2, -0.15) is 0 Å². The van der Waals surface area contributed by atoms with Gasteiger partial charge in [0.2, 0.25) is 0 Å². The Kier molecular flexibility index (Phi) is 6.62. The number of rotatable bonds is 7. The molecule has 0 aliphatic carbocycles. The van der Waals surface area contributed by atoms with Crippen molar-refractivity contribution < 1.29 is 0 Å². The molecular weight excluding hydrogens is 360 g/mol. The highest BCUT2D eigenvalue weighted by atomic mass is 32.2. The highest BCUT2D eigenvalue weighted by Crippen LogP contribution is 2.37. The lowest BCUT2D eigenvalue weighted by Gasteiger charge is -2.33. The van der Waals surface area contributed by atoms with Crippen LogP contribution in [-0.4, -0.2) is 49.7 Å². The van der Waals surface area contributed by atoms with Crippen LogP contribution in [0.5, 0.6) is 0 Å². The molecule has 0 radical (unpaired) electrons. The van der Waals surface area contributed by atoms with Crippen molar-refractivity contribution in [3.63, 3.8) is 0 Å². The van der Waals surface area contributed by atoms with Crippen LogP contribution >= 0.6 is 23.1 Å². The van der Waals surface area contributed by atoms with Crippen LogP contribution in [0.2, 0.25) is 0 Å². The van der Waals surface area contributed by atoms with Crippen molar-refractivity contribution in [1.29, 1.82) is 0 Å². The lowest BCUT2D eigenvalue weighted by molar-refractivity contribution is 0.273. The van der Waals surface area contributed by atoms with E-state index in [1.165, 1.54) is 23.4 Å². The molecule has 2 heterocycles. The zero-order valence-corrected chi connectivity index (χ0v) is 17.4. The summed E-state index contributed by atoms with van der Waals surface area (Å²) < 4.78 is 0. The highest BCUT2D eigenvalue weighted by molar-refractivity contribution is 7.99. The summed E-state index contributed by atoms with van der Waals surface area (Å²) in [4.78, 5) is 11.8. The van der Waals surface area contributed by atoms with E-state index in [2.05, 4.69) is 54.0 Å². The van der Waals surface area contributed by atoms with Gasteiger partial charge in [-0.15, -0.1) is 23.1 Å². The van der Waals surface area contributed by atoms with Crippen LogP contribution in [-0.2, 0) is 0 Å². The van der Waals surface area contributed by atoms with Crippen molar-refractivity contribution in [3.8, 4) is 0 Å². The molecule has 3 rings (SSSR count). The molecule has 1 aliphatic heterocycles. The van der Waals surface area contributed by atoms with Gasteiger partial charge in [0.1, 0.15) is 5.84 Å². The van der Waals surface area contributed by atoms with Gasteiger partial charge >= 0.3 is 0 Å². The van der Waals surface area contributed by atoms with Crippen molar-refractivity contribution in [1.82, 2.24) is 4.90 Å². The summed E-state index contributed by atoms with van der Waals surface area (Å²) in [5.74, 6) is 1.72. The van der Waals surface area contributed by atoms with Gasteiger partial charge in [0, 0.05) is 29.8 Å². The summed E-state index contributed by atoms with van der Waals surface area (Å²) in [7, 11) is 4.35. The first kappa shape index (κ1) is 19.3. The number of nitrogens with two attached hydrogens (primary N) is 1. The number of amidine groups is 1. The fraction of sp³-hybridized carbons (Fsp3) is 0.450. The number of thioether (sulfide) groups is 1. The predicted octanol–water partition coefficient (Wildman–Crippen LogP) is 4.43. The van der Waals surface area contributed by atoms with E-state index in [0.29, 0.717) is 11.9 Å². The summed E-state index contributed by atoms with van der Waals surface area (Å²) in [5.41, 5.74) is 8.41. The molecule has 26 heavy (non-hydrogen) atoms. The van der Waals surface area contributed by atoms with Gasteiger partial charge in [-0.3, -0.25) is 0 Å². The van der Waals surface area contributed by atoms with Crippen LogP contribution in [0.3, 0.4) is 0 Å². The van der Waals surface area contributed by atoms with Crippen molar-refractivity contribution in [2.24, 2.45) is 10.7 Å². The molecule has 1 unspecified atom stereocenters. The fourth-order valence-corrected chi connectivity index (χ4v) is 5.03. The van der Waals surface area contributed by atoms with Crippen LogP contribution in [0.4, 0.5) is 11.4 Å². The average molecular weight is 389 g/mol. The van der Waals surface area contributed by atoms with Crippen molar-refractivity contribution in [2.45, 2.75) is 30.7 Å². The van der Waals surface area contributed by atoms with E-state index in [4.69, 9.17) is 5.73 Å². The van der Waals surface area contributed by atoms with E-state index in [-0.39, 0.29) is 0 Å². The van der Waals surface area contributed by atoms with E-state index >= 15 is 0 Å². The minimum Gasteiger partial charge on any atom is -0.383 e. The van der Waals surface area contributed by atoms with Gasteiger partial charge in [0.05, 0.1) is 16.3 Å². The number of aliphatic imine (C=N–C) groups is 1. The molecule has 6 heteroatoms. The molecule has 1 atom stereocenters. The quantitative estimate of drug-likeness (QED) is 0.563. The zero-order chi connectivity index (χ0) is 18.5. The number of nitrogens with zero attached hydrogens (tertiary/aromatic N) is 3. The maximum absolute atomic E-state index is 6.14. The minimum absolute atomic E-state index is 0.592. The summed E-state index contributed by atoms with van der Waals surface area (Å²) in [6.07, 6.45) is 2.39. The maximum Gasteiger partial charge on any atom is 0.141 e. The third kappa shape index (κ3) is 4.61. The number of anilines is 1. The zero-order valence-electron chi connectivity index (χ0n) is 15.8. The largest absolute Gasteiger partial charge is 0.383 e. The Balaban J connectivity index is 1.74. The van der Waals surface area contributed by atoms with Gasteiger partial charge in [0.15, 0.2) is 0 Å². The average Bonchev–Trinajstić information content (AvgIpc) is 3.16. The molecule has 0 fully saturated rings. The summed E-state index contributed by atoms with van der Waals surface area (Å²) in [6.45, 7) is 4.48. The van der Waals surface area contributed by atoms with Gasteiger partial charge in [-0.25, -0.2) is 4.99 Å². The molecule has 0 spiro atoms. The fourth-order valence-electron chi connectivity index (χ4n) is 3.32. The van der Waals surface area contributed by atoms with Gasteiger partial charge < -0.3 is 15.5 Å². The van der Waals surface area contributed by atoms with E-state index < -0.39 is 0 Å². The molecule has 1 aliphatic rings. The van der Waals surface area contributed by atoms with Crippen LogP contribution in [0.1, 0.15) is 24.6 Å². The molecular formula is C20H28N4S2. The number of thiophene rings is 1. The summed E-state index contributed by atoms with van der Waals surface area (Å²) >= 11 is 3.54. The molecule has 1 aromatic carbocycles. The number of hydrogen-bond acceptors (Lipinski definition) is 5. The Hall–Kier alpha value is -1.50. The first-order valence-corrected chi connectivity index (χ1v) is 11.0. The second-order valence-electron chi connectivity index (χ2n) is 6.78. The van der Waals surface area contributed by atoms with Crippen molar-refractivity contribution >= 4 is 40.3 Å². The molecule has 0 bridgehead atoms. The molecule has 2 aromatic rings. The molecule has 140 valence electrons. The number of hydrogen-bond donors (Lipinski definition) is 1. The van der Waals surface area contributed by atoms with Crippen LogP contribution in [0, 0.1) is 0 Å². The Bertz CT molecular complexity index is 740.